The molecule has 1 fully saturated rings. The number of nitriles is 1. The second kappa shape index (κ2) is 7.10. The summed E-state index contributed by atoms with van der Waals surface area (Å²) in [4.78, 5) is 12.4. The van der Waals surface area contributed by atoms with Crippen LogP contribution in [0.2, 0.25) is 0 Å². The molecule has 5 rings (SSSR count). The van der Waals surface area contributed by atoms with Crippen molar-refractivity contribution in [3.63, 3.8) is 0 Å². The molecule has 2 atom stereocenters. The van der Waals surface area contributed by atoms with Crippen LogP contribution in [-0.4, -0.2) is 18.7 Å². The van der Waals surface area contributed by atoms with Crippen LogP contribution in [0.25, 0.3) is 11.1 Å². The molecule has 0 heterocycles. The maximum Gasteiger partial charge on any atom is 0.407 e. The second-order valence-electron chi connectivity index (χ2n) is 7.65. The minimum Gasteiger partial charge on any atom is -0.449 e. The molecule has 0 aromatic heterocycles. The third-order valence-electron chi connectivity index (χ3n) is 5.91. The normalized spacial score (nSPS) is 19.0. The molecule has 0 saturated heterocycles. The Morgan fingerprint density at radius 2 is 1.59 bits per heavy atom. The lowest BCUT2D eigenvalue weighted by Crippen LogP contribution is -2.28. The summed E-state index contributed by atoms with van der Waals surface area (Å²) in [6, 6.07) is 26.4. The molecule has 142 valence electrons. The van der Waals surface area contributed by atoms with Gasteiger partial charge in [-0.3, -0.25) is 0 Å². The van der Waals surface area contributed by atoms with E-state index in [2.05, 4.69) is 35.7 Å². The van der Waals surface area contributed by atoms with Gasteiger partial charge < -0.3 is 10.1 Å². The van der Waals surface area contributed by atoms with Crippen molar-refractivity contribution in [2.75, 3.05) is 6.61 Å². The van der Waals surface area contributed by atoms with Gasteiger partial charge in [0.25, 0.3) is 0 Å². The zero-order chi connectivity index (χ0) is 19.8. The number of benzene rings is 3. The van der Waals surface area contributed by atoms with E-state index >= 15 is 0 Å². The van der Waals surface area contributed by atoms with Gasteiger partial charge in [-0.25, -0.2) is 4.79 Å². The fraction of sp³-hybridized carbons (Fsp3) is 0.200. The summed E-state index contributed by atoms with van der Waals surface area (Å²) >= 11 is 0. The number of hydrogen-bond acceptors (Lipinski definition) is 3. The van der Waals surface area contributed by atoms with Gasteiger partial charge in [-0.1, -0.05) is 60.7 Å². The van der Waals surface area contributed by atoms with Crippen molar-refractivity contribution in [1.29, 1.82) is 5.26 Å². The number of alkyl carbamates (subject to hydrolysis) is 1. The number of fused-ring (bicyclic) bond motifs is 3. The van der Waals surface area contributed by atoms with Crippen molar-refractivity contribution < 1.29 is 9.53 Å². The average molecular weight is 380 g/mol. The van der Waals surface area contributed by atoms with E-state index in [1.54, 1.807) is 0 Å². The van der Waals surface area contributed by atoms with Crippen molar-refractivity contribution in [2.24, 2.45) is 0 Å². The number of amides is 1. The van der Waals surface area contributed by atoms with Crippen molar-refractivity contribution in [2.45, 2.75) is 24.3 Å². The van der Waals surface area contributed by atoms with Crippen LogP contribution in [0.3, 0.4) is 0 Å². The second-order valence-corrected chi connectivity index (χ2v) is 7.65. The number of carbonyl (C=O) groups is 1. The summed E-state index contributed by atoms with van der Waals surface area (Å²) < 4.78 is 5.62. The predicted octanol–water partition coefficient (Wildman–Crippen LogP) is 4.95. The van der Waals surface area contributed by atoms with E-state index in [1.807, 2.05) is 48.5 Å². The molecule has 3 aromatic carbocycles. The van der Waals surface area contributed by atoms with Gasteiger partial charge in [-0.05, 0) is 46.4 Å². The SMILES string of the molecule is N#Cc1ccc([C@@H]2C[C@H]2NC(=O)OCC2c3ccccc3-c3ccccc32)cc1. The van der Waals surface area contributed by atoms with Gasteiger partial charge in [0.15, 0.2) is 0 Å². The number of carbonyl (C=O) groups excluding carboxylic acids is 1. The van der Waals surface area contributed by atoms with Crippen LogP contribution < -0.4 is 5.32 Å². The van der Waals surface area contributed by atoms with Crippen molar-refractivity contribution in [3.05, 3.63) is 95.1 Å². The maximum absolute atomic E-state index is 12.4. The largest absolute Gasteiger partial charge is 0.449 e. The number of nitrogens with one attached hydrogen (secondary N) is 1. The van der Waals surface area contributed by atoms with Gasteiger partial charge in [0.1, 0.15) is 6.61 Å². The van der Waals surface area contributed by atoms with Gasteiger partial charge in [0, 0.05) is 17.9 Å². The maximum atomic E-state index is 12.4. The fourth-order valence-corrected chi connectivity index (χ4v) is 4.32. The minimum absolute atomic E-state index is 0.0710. The van der Waals surface area contributed by atoms with E-state index in [4.69, 9.17) is 10.00 Å². The quantitative estimate of drug-likeness (QED) is 0.696. The summed E-state index contributed by atoms with van der Waals surface area (Å²) in [5, 5.41) is 11.9. The van der Waals surface area contributed by atoms with Crippen molar-refractivity contribution in [3.8, 4) is 17.2 Å². The molecule has 1 N–H and O–H groups in total. The lowest BCUT2D eigenvalue weighted by Gasteiger charge is -2.14. The molecule has 3 aromatic rings. The standard InChI is InChI=1S/C25H20N2O2/c26-14-16-9-11-17(12-10-16)22-13-24(22)27-25(28)29-15-23-20-7-3-1-5-18(20)19-6-2-4-8-21(19)23/h1-12,22-24H,13,15H2,(H,27,28)/t22-,24+/m0/s1. The molecule has 0 spiro atoms. The van der Waals surface area contributed by atoms with E-state index in [0.29, 0.717) is 18.1 Å². The molecular formula is C25H20N2O2. The molecule has 4 nitrogen and oxygen atoms in total. The Balaban J connectivity index is 1.21. The molecule has 4 heteroatoms. The zero-order valence-corrected chi connectivity index (χ0v) is 15.8. The molecule has 0 aliphatic heterocycles. The summed E-state index contributed by atoms with van der Waals surface area (Å²) in [6.07, 6.45) is 0.531. The fourth-order valence-electron chi connectivity index (χ4n) is 4.32. The summed E-state index contributed by atoms with van der Waals surface area (Å²) in [6.45, 7) is 0.327. The molecular weight excluding hydrogens is 360 g/mol. The van der Waals surface area contributed by atoms with Gasteiger partial charge in [-0.15, -0.1) is 0 Å². The molecule has 29 heavy (non-hydrogen) atoms. The highest BCUT2D eigenvalue weighted by Gasteiger charge is 2.40. The third-order valence-corrected chi connectivity index (χ3v) is 5.91. The first kappa shape index (κ1) is 17.5. The topological polar surface area (TPSA) is 62.1 Å². The molecule has 0 bridgehead atoms. The molecule has 2 aliphatic carbocycles. The van der Waals surface area contributed by atoms with Crippen LogP contribution >= 0.6 is 0 Å². The lowest BCUT2D eigenvalue weighted by atomic mass is 9.98. The summed E-state index contributed by atoms with van der Waals surface area (Å²) in [5.74, 6) is 0.366. The molecule has 0 unspecified atom stereocenters. The van der Waals surface area contributed by atoms with E-state index in [-0.39, 0.29) is 18.1 Å². The van der Waals surface area contributed by atoms with Crippen LogP contribution in [0.5, 0.6) is 0 Å². The smallest absolute Gasteiger partial charge is 0.407 e. The average Bonchev–Trinajstić information content (AvgIpc) is 3.45. The Bertz CT molecular complexity index is 1070. The summed E-state index contributed by atoms with van der Waals surface area (Å²) in [7, 11) is 0. The highest BCUT2D eigenvalue weighted by atomic mass is 16.5. The first-order valence-corrected chi connectivity index (χ1v) is 9.86. The van der Waals surface area contributed by atoms with Crippen LogP contribution in [-0.2, 0) is 4.74 Å². The van der Waals surface area contributed by atoms with E-state index in [0.717, 1.165) is 12.0 Å². The Hall–Kier alpha value is -3.58. The van der Waals surface area contributed by atoms with E-state index < -0.39 is 0 Å². The zero-order valence-electron chi connectivity index (χ0n) is 15.8. The number of nitrogens with zero attached hydrogens (tertiary/aromatic N) is 1. The Kier molecular flexibility index (Phi) is 4.29. The minimum atomic E-state index is -0.368. The first-order valence-electron chi connectivity index (χ1n) is 9.86. The molecule has 1 saturated carbocycles. The van der Waals surface area contributed by atoms with Crippen LogP contribution in [0, 0.1) is 11.3 Å². The van der Waals surface area contributed by atoms with E-state index in [9.17, 15) is 4.79 Å². The highest BCUT2D eigenvalue weighted by molar-refractivity contribution is 5.79. The van der Waals surface area contributed by atoms with Gasteiger partial charge >= 0.3 is 6.09 Å². The van der Waals surface area contributed by atoms with Crippen LogP contribution in [0.4, 0.5) is 4.79 Å². The predicted molar refractivity (Wildman–Crippen MR) is 111 cm³/mol. The Labute approximate surface area is 169 Å². The van der Waals surface area contributed by atoms with Crippen molar-refractivity contribution >= 4 is 6.09 Å². The molecule has 2 aliphatic rings. The summed E-state index contributed by atoms with van der Waals surface area (Å²) in [5.41, 5.74) is 6.66. The van der Waals surface area contributed by atoms with Gasteiger partial charge in [-0.2, -0.15) is 5.26 Å². The third kappa shape index (κ3) is 3.25. The number of ether oxygens (including phenoxy) is 1. The Morgan fingerprint density at radius 1 is 0.966 bits per heavy atom. The number of hydrogen-bond donors (Lipinski definition) is 1. The van der Waals surface area contributed by atoms with Gasteiger partial charge in [0.05, 0.1) is 11.6 Å². The highest BCUT2D eigenvalue weighted by Crippen LogP contribution is 2.45. The Morgan fingerprint density at radius 3 is 2.21 bits per heavy atom. The monoisotopic (exact) mass is 380 g/mol. The van der Waals surface area contributed by atoms with Crippen LogP contribution in [0.1, 0.15) is 40.5 Å². The number of rotatable bonds is 4. The van der Waals surface area contributed by atoms with E-state index in [1.165, 1.54) is 22.3 Å². The van der Waals surface area contributed by atoms with Crippen molar-refractivity contribution in [1.82, 2.24) is 5.32 Å². The molecule has 0 radical (unpaired) electrons. The van der Waals surface area contributed by atoms with Gasteiger partial charge in [0.2, 0.25) is 0 Å². The lowest BCUT2D eigenvalue weighted by molar-refractivity contribution is 0.142. The van der Waals surface area contributed by atoms with Crippen LogP contribution in [0.15, 0.2) is 72.8 Å². The molecule has 1 amide bonds. The first-order chi connectivity index (χ1) is 14.2.